The Balaban J connectivity index is 1.96. The van der Waals surface area contributed by atoms with Gasteiger partial charge in [-0.3, -0.25) is 0 Å². The summed E-state index contributed by atoms with van der Waals surface area (Å²) in [4.78, 5) is 11.7. The first-order chi connectivity index (χ1) is 9.39. The summed E-state index contributed by atoms with van der Waals surface area (Å²) in [5, 5.41) is 1.82. The predicted molar refractivity (Wildman–Crippen MR) is 74.2 cm³/mol. The Morgan fingerprint density at radius 1 is 1.35 bits per heavy atom. The van der Waals surface area contributed by atoms with Gasteiger partial charge in [0.2, 0.25) is 0 Å². The maximum Gasteiger partial charge on any atom is 0.412 e. The van der Waals surface area contributed by atoms with Crippen LogP contribution in [0.5, 0.6) is 11.5 Å². The molecule has 0 radical (unpaired) electrons. The summed E-state index contributed by atoms with van der Waals surface area (Å²) in [7, 11) is -1.70. The van der Waals surface area contributed by atoms with Gasteiger partial charge in [-0.05, 0) is 12.1 Å². The molecule has 0 bridgehead atoms. The van der Waals surface area contributed by atoms with E-state index in [9.17, 15) is 13.2 Å². The molecule has 1 heterocycles. The molecule has 2 atom stereocenters. The number of methoxy groups -OCH3 is 1. The second-order valence-corrected chi connectivity index (χ2v) is 7.13. The van der Waals surface area contributed by atoms with Crippen molar-refractivity contribution in [3.8, 4) is 11.5 Å². The van der Waals surface area contributed by atoms with Crippen LogP contribution in [0.3, 0.4) is 0 Å². The average molecular weight is 320 g/mol. The Kier molecular flexibility index (Phi) is 4.39. The Morgan fingerprint density at radius 3 is 2.65 bits per heavy atom. The number of hydrogen-bond acceptors (Lipinski definition) is 5. The number of rotatable bonds is 3. The third kappa shape index (κ3) is 3.77. The Hall–Kier alpha value is -1.47. The van der Waals surface area contributed by atoms with E-state index in [2.05, 4.69) is 5.32 Å². The van der Waals surface area contributed by atoms with Crippen LogP contribution >= 0.6 is 11.6 Å². The summed E-state index contributed by atoms with van der Waals surface area (Å²) in [5.41, 5.74) is 0. The van der Waals surface area contributed by atoms with Gasteiger partial charge in [-0.2, -0.15) is 0 Å². The van der Waals surface area contributed by atoms with Crippen molar-refractivity contribution < 1.29 is 22.7 Å². The van der Waals surface area contributed by atoms with E-state index in [0.717, 1.165) is 0 Å². The van der Waals surface area contributed by atoms with Crippen LogP contribution in [-0.4, -0.2) is 44.5 Å². The zero-order valence-electron chi connectivity index (χ0n) is 10.7. The number of carbonyl (C=O) groups is 1. The van der Waals surface area contributed by atoms with E-state index < -0.39 is 27.3 Å². The summed E-state index contributed by atoms with van der Waals surface area (Å²) in [5.74, 6) is 0.537. The molecule has 0 spiro atoms. The topological polar surface area (TPSA) is 81.7 Å². The Morgan fingerprint density at radius 2 is 2.05 bits per heavy atom. The fourth-order valence-electron chi connectivity index (χ4n) is 1.89. The number of carbonyl (C=O) groups excluding carboxylic acids is 1. The maximum absolute atomic E-state index is 11.7. The predicted octanol–water partition coefficient (Wildman–Crippen LogP) is 1.19. The lowest BCUT2D eigenvalue weighted by atomic mass is 10.2. The van der Waals surface area contributed by atoms with Crippen molar-refractivity contribution >= 4 is 27.5 Å². The van der Waals surface area contributed by atoms with Crippen molar-refractivity contribution in [2.45, 2.75) is 11.4 Å². The third-order valence-electron chi connectivity index (χ3n) is 2.84. The van der Waals surface area contributed by atoms with Gasteiger partial charge in [0.15, 0.2) is 9.84 Å². The van der Waals surface area contributed by atoms with Crippen LogP contribution in [0.25, 0.3) is 0 Å². The minimum absolute atomic E-state index is 0.140. The van der Waals surface area contributed by atoms with Crippen LogP contribution in [0.4, 0.5) is 4.79 Å². The van der Waals surface area contributed by atoms with Crippen LogP contribution in [0.1, 0.15) is 0 Å². The van der Waals surface area contributed by atoms with Gasteiger partial charge < -0.3 is 14.8 Å². The van der Waals surface area contributed by atoms with Gasteiger partial charge in [0.25, 0.3) is 0 Å². The first kappa shape index (κ1) is 14.9. The number of halogens is 1. The molecule has 0 aromatic heterocycles. The van der Waals surface area contributed by atoms with E-state index in [4.69, 9.17) is 21.1 Å². The number of amides is 1. The van der Waals surface area contributed by atoms with Crippen LogP contribution in [-0.2, 0) is 9.84 Å². The van der Waals surface area contributed by atoms with Crippen LogP contribution in [0.15, 0.2) is 24.3 Å². The summed E-state index contributed by atoms with van der Waals surface area (Å²) in [6, 6.07) is 5.88. The van der Waals surface area contributed by atoms with E-state index in [1.165, 1.54) is 7.11 Å². The highest BCUT2D eigenvalue weighted by Crippen LogP contribution is 2.20. The average Bonchev–Trinajstić information content (AvgIpc) is 2.62. The van der Waals surface area contributed by atoms with Crippen molar-refractivity contribution in [1.82, 2.24) is 5.32 Å². The smallest absolute Gasteiger partial charge is 0.412 e. The highest BCUT2D eigenvalue weighted by molar-refractivity contribution is 7.91. The highest BCUT2D eigenvalue weighted by atomic mass is 35.5. The van der Waals surface area contributed by atoms with Gasteiger partial charge in [0.1, 0.15) is 11.5 Å². The van der Waals surface area contributed by atoms with Crippen molar-refractivity contribution in [3.05, 3.63) is 24.3 Å². The highest BCUT2D eigenvalue weighted by Gasteiger charge is 2.37. The molecule has 1 aliphatic heterocycles. The number of sulfone groups is 1. The minimum Gasteiger partial charge on any atom is -0.497 e. The number of ether oxygens (including phenoxy) is 2. The number of hydrogen-bond donors (Lipinski definition) is 1. The lowest BCUT2D eigenvalue weighted by Gasteiger charge is -2.14. The number of nitrogens with one attached hydrogen (secondary N) is 1. The summed E-state index contributed by atoms with van der Waals surface area (Å²) < 4.78 is 32.8. The molecule has 1 fully saturated rings. The standard InChI is InChI=1S/C12H14ClNO5S/c1-18-8-3-2-4-9(5-8)19-12(15)14-11-7-20(16,17)6-10(11)13/h2-5,10-11H,6-7H2,1H3,(H,14,15). The SMILES string of the molecule is COc1cccc(OC(=O)NC2CS(=O)(=O)CC2Cl)c1. The molecule has 1 N–H and O–H groups in total. The lowest BCUT2D eigenvalue weighted by Crippen LogP contribution is -2.42. The summed E-state index contributed by atoms with van der Waals surface area (Å²) >= 11 is 5.89. The van der Waals surface area contributed by atoms with Gasteiger partial charge in [0.05, 0.1) is 30.0 Å². The fourth-order valence-corrected chi connectivity index (χ4v) is 4.44. The van der Waals surface area contributed by atoms with E-state index >= 15 is 0 Å². The molecule has 1 amide bonds. The molecule has 1 aromatic carbocycles. The van der Waals surface area contributed by atoms with Gasteiger partial charge in [-0.1, -0.05) is 6.07 Å². The summed E-state index contributed by atoms with van der Waals surface area (Å²) in [6.07, 6.45) is -0.744. The quantitative estimate of drug-likeness (QED) is 0.846. The fraction of sp³-hybridized carbons (Fsp3) is 0.417. The van der Waals surface area contributed by atoms with Crippen molar-refractivity contribution in [2.24, 2.45) is 0 Å². The molecule has 110 valence electrons. The molecule has 8 heteroatoms. The number of alkyl halides is 1. The van der Waals surface area contributed by atoms with Crippen LogP contribution < -0.4 is 14.8 Å². The van der Waals surface area contributed by atoms with Crippen LogP contribution in [0.2, 0.25) is 0 Å². The van der Waals surface area contributed by atoms with Crippen molar-refractivity contribution in [1.29, 1.82) is 0 Å². The molecule has 0 saturated carbocycles. The molecule has 0 aliphatic carbocycles. The van der Waals surface area contributed by atoms with E-state index in [1.807, 2.05) is 0 Å². The molecule has 2 rings (SSSR count). The molecule has 1 aromatic rings. The third-order valence-corrected chi connectivity index (χ3v) is 5.21. The lowest BCUT2D eigenvalue weighted by molar-refractivity contribution is 0.197. The maximum atomic E-state index is 11.7. The molecule has 2 unspecified atom stereocenters. The zero-order chi connectivity index (χ0) is 14.8. The zero-order valence-corrected chi connectivity index (χ0v) is 12.3. The van der Waals surface area contributed by atoms with Gasteiger partial charge in [0, 0.05) is 6.07 Å². The molecule has 6 nitrogen and oxygen atoms in total. The van der Waals surface area contributed by atoms with E-state index in [-0.39, 0.29) is 11.5 Å². The van der Waals surface area contributed by atoms with Crippen LogP contribution in [0, 0.1) is 0 Å². The largest absolute Gasteiger partial charge is 0.497 e. The molecular formula is C12H14ClNO5S. The number of benzene rings is 1. The van der Waals surface area contributed by atoms with Gasteiger partial charge in [-0.15, -0.1) is 11.6 Å². The Labute approximate surface area is 121 Å². The molecule has 1 aliphatic rings. The monoisotopic (exact) mass is 319 g/mol. The normalized spacial score (nSPS) is 24.1. The second-order valence-electron chi connectivity index (χ2n) is 4.41. The van der Waals surface area contributed by atoms with E-state index in [0.29, 0.717) is 11.5 Å². The Bertz CT molecular complexity index is 604. The molecule has 20 heavy (non-hydrogen) atoms. The van der Waals surface area contributed by atoms with Crippen molar-refractivity contribution in [2.75, 3.05) is 18.6 Å². The first-order valence-electron chi connectivity index (χ1n) is 5.86. The van der Waals surface area contributed by atoms with Gasteiger partial charge >= 0.3 is 6.09 Å². The second kappa shape index (κ2) is 5.88. The van der Waals surface area contributed by atoms with E-state index in [1.54, 1.807) is 24.3 Å². The molecule has 1 saturated heterocycles. The van der Waals surface area contributed by atoms with Crippen molar-refractivity contribution in [3.63, 3.8) is 0 Å². The van der Waals surface area contributed by atoms with Gasteiger partial charge in [-0.25, -0.2) is 13.2 Å². The first-order valence-corrected chi connectivity index (χ1v) is 8.12. The summed E-state index contributed by atoms with van der Waals surface area (Å²) in [6.45, 7) is 0. The molecular weight excluding hydrogens is 306 g/mol. The minimum atomic E-state index is -3.20.